The minimum Gasteiger partial charge on any atom is -0.508 e. The Hall–Kier alpha value is -3.74. The number of hydrogen-bond donors (Lipinski definition) is 1. The standard InChI is InChI=1S/C21H16FN3O3/c1-24-19-18(20(27)25(2)21(24)28)16(12-3-7-14(22)8-4-12)11-17(23-19)13-5-9-15(26)10-6-13/h3-11,26H,1-2H3. The van der Waals surface area contributed by atoms with E-state index in [4.69, 9.17) is 0 Å². The van der Waals surface area contributed by atoms with Crippen LogP contribution in [-0.2, 0) is 14.1 Å². The lowest BCUT2D eigenvalue weighted by molar-refractivity contribution is 0.475. The molecule has 0 amide bonds. The number of fused-ring (bicyclic) bond motifs is 1. The molecule has 0 saturated carbocycles. The molecule has 2 aromatic heterocycles. The molecule has 6 nitrogen and oxygen atoms in total. The number of benzene rings is 2. The lowest BCUT2D eigenvalue weighted by atomic mass is 10.00. The first kappa shape index (κ1) is 17.7. The van der Waals surface area contributed by atoms with Crippen LogP contribution in [0.15, 0.2) is 64.2 Å². The van der Waals surface area contributed by atoms with Gasteiger partial charge < -0.3 is 5.11 Å². The van der Waals surface area contributed by atoms with Crippen LogP contribution in [0.4, 0.5) is 4.39 Å². The van der Waals surface area contributed by atoms with Crippen LogP contribution in [-0.4, -0.2) is 19.2 Å². The normalized spacial score (nSPS) is 11.1. The first-order valence-electron chi connectivity index (χ1n) is 8.53. The van der Waals surface area contributed by atoms with Gasteiger partial charge in [-0.25, -0.2) is 14.2 Å². The van der Waals surface area contributed by atoms with Crippen molar-refractivity contribution in [3.63, 3.8) is 0 Å². The van der Waals surface area contributed by atoms with Gasteiger partial charge in [-0.05, 0) is 48.0 Å². The number of nitrogens with zero attached hydrogens (tertiary/aromatic N) is 3. The maximum absolute atomic E-state index is 13.4. The van der Waals surface area contributed by atoms with Crippen molar-refractivity contribution in [1.82, 2.24) is 14.1 Å². The lowest BCUT2D eigenvalue weighted by Gasteiger charge is -2.13. The van der Waals surface area contributed by atoms with Gasteiger partial charge in [0.25, 0.3) is 5.56 Å². The Morgan fingerprint density at radius 3 is 2.14 bits per heavy atom. The highest BCUT2D eigenvalue weighted by molar-refractivity contribution is 5.94. The number of phenols is 1. The molecular formula is C21H16FN3O3. The minimum atomic E-state index is -0.488. The summed E-state index contributed by atoms with van der Waals surface area (Å²) < 4.78 is 15.7. The van der Waals surface area contributed by atoms with E-state index in [1.54, 1.807) is 37.4 Å². The molecule has 0 spiro atoms. The van der Waals surface area contributed by atoms with Crippen molar-refractivity contribution in [3.05, 3.63) is 81.3 Å². The number of hydrogen-bond acceptors (Lipinski definition) is 4. The predicted molar refractivity (Wildman–Crippen MR) is 105 cm³/mol. The number of phenolic OH excluding ortho intramolecular Hbond substituents is 1. The Labute approximate surface area is 158 Å². The fourth-order valence-electron chi connectivity index (χ4n) is 3.19. The molecule has 0 aliphatic heterocycles. The van der Waals surface area contributed by atoms with Crippen LogP contribution in [0.5, 0.6) is 5.75 Å². The SMILES string of the molecule is Cn1c(=O)c2c(-c3ccc(F)cc3)cc(-c3ccc(O)cc3)nc2n(C)c1=O. The van der Waals surface area contributed by atoms with Crippen LogP contribution in [0.3, 0.4) is 0 Å². The third-order valence-corrected chi connectivity index (χ3v) is 4.73. The third-order valence-electron chi connectivity index (χ3n) is 4.73. The minimum absolute atomic E-state index is 0.115. The number of aromatic nitrogens is 3. The molecule has 7 heteroatoms. The molecule has 0 aliphatic rings. The van der Waals surface area contributed by atoms with E-state index >= 15 is 0 Å². The summed E-state index contributed by atoms with van der Waals surface area (Å²) >= 11 is 0. The summed E-state index contributed by atoms with van der Waals surface area (Å²) in [4.78, 5) is 29.8. The van der Waals surface area contributed by atoms with Gasteiger partial charge in [-0.15, -0.1) is 0 Å². The van der Waals surface area contributed by atoms with E-state index in [-0.39, 0.29) is 22.6 Å². The van der Waals surface area contributed by atoms with Gasteiger partial charge in [0.1, 0.15) is 11.6 Å². The Kier molecular flexibility index (Phi) is 4.07. The van der Waals surface area contributed by atoms with Crippen molar-refractivity contribution in [2.75, 3.05) is 0 Å². The Balaban J connectivity index is 2.15. The van der Waals surface area contributed by atoms with Gasteiger partial charge in [0.15, 0.2) is 5.65 Å². The average Bonchev–Trinajstić information content (AvgIpc) is 2.71. The molecule has 0 radical (unpaired) electrons. The molecular weight excluding hydrogens is 361 g/mol. The molecule has 28 heavy (non-hydrogen) atoms. The van der Waals surface area contributed by atoms with E-state index in [0.29, 0.717) is 22.4 Å². The second kappa shape index (κ2) is 6.45. The Bertz CT molecular complexity index is 1320. The first-order valence-corrected chi connectivity index (χ1v) is 8.53. The molecule has 2 aromatic carbocycles. The van der Waals surface area contributed by atoms with Gasteiger partial charge in [-0.3, -0.25) is 13.9 Å². The molecule has 4 aromatic rings. The molecule has 4 rings (SSSR count). The van der Waals surface area contributed by atoms with E-state index in [2.05, 4.69) is 4.98 Å². The quantitative estimate of drug-likeness (QED) is 0.583. The molecule has 0 saturated heterocycles. The van der Waals surface area contributed by atoms with E-state index in [1.165, 1.54) is 35.9 Å². The zero-order valence-electron chi connectivity index (χ0n) is 15.2. The summed E-state index contributed by atoms with van der Waals surface area (Å²) in [5, 5.41) is 9.81. The summed E-state index contributed by atoms with van der Waals surface area (Å²) in [6.07, 6.45) is 0. The molecule has 0 bridgehead atoms. The second-order valence-electron chi connectivity index (χ2n) is 6.51. The maximum Gasteiger partial charge on any atom is 0.332 e. The van der Waals surface area contributed by atoms with Gasteiger partial charge in [0.05, 0.1) is 11.1 Å². The number of rotatable bonds is 2. The highest BCUT2D eigenvalue weighted by atomic mass is 19.1. The molecule has 2 heterocycles. The van der Waals surface area contributed by atoms with Crippen molar-refractivity contribution >= 4 is 11.0 Å². The molecule has 0 atom stereocenters. The molecule has 0 unspecified atom stereocenters. The summed E-state index contributed by atoms with van der Waals surface area (Å²) in [7, 11) is 2.96. The largest absolute Gasteiger partial charge is 0.508 e. The van der Waals surface area contributed by atoms with Gasteiger partial charge in [-0.2, -0.15) is 0 Å². The zero-order chi connectivity index (χ0) is 20.0. The predicted octanol–water partition coefficient (Wildman–Crippen LogP) is 2.81. The molecule has 0 fully saturated rings. The van der Waals surface area contributed by atoms with Gasteiger partial charge in [0.2, 0.25) is 0 Å². The fourth-order valence-corrected chi connectivity index (χ4v) is 3.19. The number of pyridine rings is 1. The van der Waals surface area contributed by atoms with E-state index in [1.807, 2.05) is 0 Å². The van der Waals surface area contributed by atoms with Crippen LogP contribution in [0, 0.1) is 5.82 Å². The molecule has 140 valence electrons. The van der Waals surface area contributed by atoms with Crippen LogP contribution in [0.25, 0.3) is 33.4 Å². The van der Waals surface area contributed by atoms with Crippen molar-refractivity contribution in [1.29, 1.82) is 0 Å². The fraction of sp³-hybridized carbons (Fsp3) is 0.0952. The highest BCUT2D eigenvalue weighted by Gasteiger charge is 2.17. The van der Waals surface area contributed by atoms with E-state index in [0.717, 1.165) is 4.57 Å². The van der Waals surface area contributed by atoms with Gasteiger partial charge in [-0.1, -0.05) is 12.1 Å². The van der Waals surface area contributed by atoms with Gasteiger partial charge >= 0.3 is 5.69 Å². The number of aromatic hydroxyl groups is 1. The highest BCUT2D eigenvalue weighted by Crippen LogP contribution is 2.30. The maximum atomic E-state index is 13.4. The second-order valence-corrected chi connectivity index (χ2v) is 6.51. The summed E-state index contributed by atoms with van der Waals surface area (Å²) in [6, 6.07) is 14.0. The van der Waals surface area contributed by atoms with Crippen LogP contribution < -0.4 is 11.2 Å². The van der Waals surface area contributed by atoms with Gasteiger partial charge in [0, 0.05) is 25.2 Å². The lowest BCUT2D eigenvalue weighted by Crippen LogP contribution is -2.37. The molecule has 0 aliphatic carbocycles. The Morgan fingerprint density at radius 2 is 1.50 bits per heavy atom. The van der Waals surface area contributed by atoms with E-state index in [9.17, 15) is 19.1 Å². The average molecular weight is 377 g/mol. The third kappa shape index (κ3) is 2.77. The monoisotopic (exact) mass is 377 g/mol. The van der Waals surface area contributed by atoms with Crippen molar-refractivity contribution < 1.29 is 9.50 Å². The molecule has 1 N–H and O–H groups in total. The van der Waals surface area contributed by atoms with Crippen LogP contribution >= 0.6 is 0 Å². The topological polar surface area (TPSA) is 77.1 Å². The smallest absolute Gasteiger partial charge is 0.332 e. The Morgan fingerprint density at radius 1 is 0.893 bits per heavy atom. The van der Waals surface area contributed by atoms with Crippen molar-refractivity contribution in [2.24, 2.45) is 14.1 Å². The van der Waals surface area contributed by atoms with Crippen LogP contribution in [0.2, 0.25) is 0 Å². The van der Waals surface area contributed by atoms with Crippen molar-refractivity contribution in [2.45, 2.75) is 0 Å². The van der Waals surface area contributed by atoms with E-state index < -0.39 is 11.2 Å². The van der Waals surface area contributed by atoms with Crippen molar-refractivity contribution in [3.8, 4) is 28.1 Å². The van der Waals surface area contributed by atoms with Crippen LogP contribution in [0.1, 0.15) is 0 Å². The summed E-state index contributed by atoms with van der Waals surface area (Å²) in [5.41, 5.74) is 1.68. The summed E-state index contributed by atoms with van der Waals surface area (Å²) in [6.45, 7) is 0. The number of halogens is 1. The first-order chi connectivity index (χ1) is 13.4. The number of aryl methyl sites for hydroxylation is 1. The summed E-state index contributed by atoms with van der Waals surface area (Å²) in [5.74, 6) is -0.272. The zero-order valence-corrected chi connectivity index (χ0v) is 15.2.